The molecule has 4 heterocycles. The predicted octanol–water partition coefficient (Wildman–Crippen LogP) is 0.890. The lowest BCUT2D eigenvalue weighted by molar-refractivity contribution is -0.147. The van der Waals surface area contributed by atoms with Crippen LogP contribution in [0.15, 0.2) is 24.3 Å². The summed E-state index contributed by atoms with van der Waals surface area (Å²) in [5, 5.41) is 9.89. The molecule has 1 spiro atoms. The summed E-state index contributed by atoms with van der Waals surface area (Å²) >= 11 is 1.57. The molecule has 7 nitrogen and oxygen atoms in total. The van der Waals surface area contributed by atoms with Gasteiger partial charge in [0.25, 0.3) is 0 Å². The van der Waals surface area contributed by atoms with E-state index in [9.17, 15) is 19.5 Å². The Morgan fingerprint density at radius 3 is 2.37 bits per heavy atom. The number of rotatable bonds is 3. The number of amides is 3. The molecule has 8 heteroatoms. The van der Waals surface area contributed by atoms with Crippen LogP contribution < -0.4 is 0 Å². The van der Waals surface area contributed by atoms with Crippen LogP contribution in [0, 0.1) is 11.8 Å². The molecule has 1 unspecified atom stereocenters. The highest BCUT2D eigenvalue weighted by Gasteiger charge is 2.74. The summed E-state index contributed by atoms with van der Waals surface area (Å²) in [6, 6.07) is -1.26. The third-order valence-electron chi connectivity index (χ3n) is 7.09. The fourth-order valence-electron chi connectivity index (χ4n) is 5.63. The summed E-state index contributed by atoms with van der Waals surface area (Å²) in [5.41, 5.74) is 0. The fraction of sp³-hybridized carbons (Fsp3) is 0.682. The molecule has 0 aromatic heterocycles. The molecule has 0 aromatic carbocycles. The Morgan fingerprint density at radius 2 is 1.73 bits per heavy atom. The summed E-state index contributed by atoms with van der Waals surface area (Å²) in [7, 11) is 1.76. The second-order valence-electron chi connectivity index (χ2n) is 9.38. The van der Waals surface area contributed by atoms with Crippen molar-refractivity contribution in [2.24, 2.45) is 11.8 Å². The van der Waals surface area contributed by atoms with Gasteiger partial charge in [-0.1, -0.05) is 24.3 Å². The van der Waals surface area contributed by atoms with E-state index in [2.05, 4.69) is 0 Å². The molecule has 4 aliphatic heterocycles. The van der Waals surface area contributed by atoms with E-state index in [-0.39, 0.29) is 30.4 Å². The number of hydrogen-bond donors (Lipinski definition) is 1. The second-order valence-corrected chi connectivity index (χ2v) is 11.2. The van der Waals surface area contributed by atoms with Crippen LogP contribution in [0.25, 0.3) is 0 Å². The number of likely N-dealkylation sites (N-methyl/N-ethyl adjacent to an activating group) is 1. The van der Waals surface area contributed by atoms with Crippen molar-refractivity contribution in [3.05, 3.63) is 24.3 Å². The molecule has 0 saturated carbocycles. The van der Waals surface area contributed by atoms with Crippen LogP contribution in [0.1, 0.15) is 27.7 Å². The highest BCUT2D eigenvalue weighted by atomic mass is 32.2. The van der Waals surface area contributed by atoms with E-state index in [0.717, 1.165) is 0 Å². The molecule has 4 aliphatic rings. The van der Waals surface area contributed by atoms with Crippen molar-refractivity contribution in [3.63, 3.8) is 0 Å². The Hall–Kier alpha value is -1.80. The smallest absolute Gasteiger partial charge is 0.247 e. The van der Waals surface area contributed by atoms with Crippen molar-refractivity contribution in [3.8, 4) is 0 Å². The maximum atomic E-state index is 13.8. The molecular weight excluding hydrogens is 402 g/mol. The largest absolute Gasteiger partial charge is 0.394 e. The zero-order valence-corrected chi connectivity index (χ0v) is 19.1. The van der Waals surface area contributed by atoms with Crippen LogP contribution in [0.5, 0.6) is 0 Å². The average Bonchev–Trinajstić information content (AvgIpc) is 2.97. The van der Waals surface area contributed by atoms with E-state index >= 15 is 0 Å². The summed E-state index contributed by atoms with van der Waals surface area (Å²) in [6.07, 6.45) is 8.02. The third-order valence-corrected chi connectivity index (χ3v) is 8.89. The lowest BCUT2D eigenvalue weighted by atomic mass is 9.74. The van der Waals surface area contributed by atoms with Gasteiger partial charge in [-0.25, -0.2) is 0 Å². The van der Waals surface area contributed by atoms with Crippen molar-refractivity contribution >= 4 is 29.5 Å². The highest BCUT2D eigenvalue weighted by molar-refractivity contribution is 8.02. The van der Waals surface area contributed by atoms with E-state index in [1.54, 1.807) is 40.4 Å². The quantitative estimate of drug-likeness (QED) is 0.669. The molecule has 0 radical (unpaired) electrons. The SMILES string of the molecule is CC(C)N1CC=C[C@]23S[C@]4(C)C=CCN(C)C(=O)[C@@H]4[C@H]2C(=O)N([C@H](C)CO)C3C1=O. The molecule has 2 saturated heterocycles. The number of aliphatic hydroxyl groups is 1. The number of nitrogens with zero attached hydrogens (tertiary/aromatic N) is 3. The zero-order chi connectivity index (χ0) is 22.0. The number of carbonyl (C=O) groups is 3. The first-order chi connectivity index (χ1) is 14.1. The standard InChI is InChI=1S/C22H31N3O4S/c1-13(2)24-11-7-9-22-16(19(28)25(14(3)12-26)17(22)20(24)29)15-18(27)23(5)10-6-8-21(15,4)30-22/h6-9,13-17,26H,10-12H2,1-5H3/t14-,15+,16+,17?,21-,22+/m1/s1. The van der Waals surface area contributed by atoms with Gasteiger partial charge in [0, 0.05) is 30.9 Å². The third kappa shape index (κ3) is 2.72. The van der Waals surface area contributed by atoms with Gasteiger partial charge in [0.15, 0.2) is 0 Å². The molecule has 4 rings (SSSR count). The lowest BCUT2D eigenvalue weighted by Gasteiger charge is -2.39. The van der Waals surface area contributed by atoms with Crippen molar-refractivity contribution < 1.29 is 19.5 Å². The van der Waals surface area contributed by atoms with Crippen LogP contribution in [0.4, 0.5) is 0 Å². The highest BCUT2D eigenvalue weighted by Crippen LogP contribution is 2.65. The summed E-state index contributed by atoms with van der Waals surface area (Å²) in [5.74, 6) is -1.57. The van der Waals surface area contributed by atoms with Gasteiger partial charge in [0.1, 0.15) is 6.04 Å². The van der Waals surface area contributed by atoms with Gasteiger partial charge < -0.3 is 19.8 Å². The van der Waals surface area contributed by atoms with Gasteiger partial charge in [0.2, 0.25) is 17.7 Å². The number of hydrogen-bond acceptors (Lipinski definition) is 5. The monoisotopic (exact) mass is 433 g/mol. The minimum Gasteiger partial charge on any atom is -0.394 e. The number of likely N-dealkylation sites (tertiary alicyclic amines) is 1. The molecule has 2 fully saturated rings. The van der Waals surface area contributed by atoms with Crippen molar-refractivity contribution in [1.82, 2.24) is 14.7 Å². The first-order valence-corrected chi connectivity index (χ1v) is 11.4. The summed E-state index contributed by atoms with van der Waals surface area (Å²) in [4.78, 5) is 46.1. The van der Waals surface area contributed by atoms with E-state index < -0.39 is 33.4 Å². The maximum Gasteiger partial charge on any atom is 0.247 e. The molecule has 30 heavy (non-hydrogen) atoms. The van der Waals surface area contributed by atoms with Crippen molar-refractivity contribution in [1.29, 1.82) is 0 Å². The average molecular weight is 434 g/mol. The normalized spacial score (nSPS) is 39.2. The van der Waals surface area contributed by atoms with Gasteiger partial charge in [-0.2, -0.15) is 0 Å². The number of thioether (sulfide) groups is 1. The first kappa shape index (κ1) is 21.4. The Bertz CT molecular complexity index is 842. The van der Waals surface area contributed by atoms with E-state index in [1.165, 1.54) is 0 Å². The second kappa shape index (κ2) is 7.12. The first-order valence-electron chi connectivity index (χ1n) is 10.6. The number of fused-ring (bicyclic) bond motifs is 2. The Kier molecular flexibility index (Phi) is 5.09. The molecular formula is C22H31N3O4S. The number of carbonyl (C=O) groups excluding carboxylic acids is 3. The minimum atomic E-state index is -0.834. The van der Waals surface area contributed by atoms with Crippen LogP contribution in [0.3, 0.4) is 0 Å². The molecule has 0 aliphatic carbocycles. The van der Waals surface area contributed by atoms with E-state index in [4.69, 9.17) is 0 Å². The molecule has 3 amide bonds. The molecule has 0 bridgehead atoms. The lowest BCUT2D eigenvalue weighted by Crippen LogP contribution is -2.57. The van der Waals surface area contributed by atoms with Gasteiger partial charge in [-0.05, 0) is 27.7 Å². The number of aliphatic hydroxyl groups excluding tert-OH is 1. The van der Waals surface area contributed by atoms with Crippen LogP contribution in [-0.4, -0.2) is 91.9 Å². The predicted molar refractivity (Wildman–Crippen MR) is 116 cm³/mol. The van der Waals surface area contributed by atoms with Crippen LogP contribution >= 0.6 is 11.8 Å². The maximum absolute atomic E-state index is 13.8. The van der Waals surface area contributed by atoms with Gasteiger partial charge >= 0.3 is 0 Å². The topological polar surface area (TPSA) is 81.2 Å². The Balaban J connectivity index is 1.92. The molecule has 6 atom stereocenters. The van der Waals surface area contributed by atoms with Crippen molar-refractivity contribution in [2.45, 2.75) is 55.3 Å². The fourth-order valence-corrected chi connectivity index (χ4v) is 7.77. The Morgan fingerprint density at radius 1 is 1.07 bits per heavy atom. The van der Waals surface area contributed by atoms with Crippen LogP contribution in [-0.2, 0) is 14.4 Å². The Labute approximate surface area is 182 Å². The van der Waals surface area contributed by atoms with Crippen molar-refractivity contribution in [2.75, 3.05) is 26.7 Å². The summed E-state index contributed by atoms with van der Waals surface area (Å²) in [6.45, 7) is 8.45. The molecule has 1 N–H and O–H groups in total. The molecule has 0 aromatic rings. The van der Waals surface area contributed by atoms with E-state index in [0.29, 0.717) is 13.1 Å². The minimum absolute atomic E-state index is 0.0159. The molecule has 164 valence electrons. The van der Waals surface area contributed by atoms with E-state index in [1.807, 2.05) is 45.1 Å². The van der Waals surface area contributed by atoms with Gasteiger partial charge in [0.05, 0.1) is 29.2 Å². The van der Waals surface area contributed by atoms with Crippen LogP contribution in [0.2, 0.25) is 0 Å². The van der Waals surface area contributed by atoms with Gasteiger partial charge in [-0.15, -0.1) is 11.8 Å². The summed E-state index contributed by atoms with van der Waals surface area (Å²) < 4.78 is -1.41. The zero-order valence-electron chi connectivity index (χ0n) is 18.2. The van der Waals surface area contributed by atoms with Gasteiger partial charge in [-0.3, -0.25) is 14.4 Å².